The van der Waals surface area contributed by atoms with E-state index in [4.69, 9.17) is 4.74 Å². The summed E-state index contributed by atoms with van der Waals surface area (Å²) < 4.78 is 7.19. The third-order valence-corrected chi connectivity index (χ3v) is 4.13. The number of rotatable bonds is 6. The zero-order chi connectivity index (χ0) is 21.4. The normalized spacial score (nSPS) is 11.9. The summed E-state index contributed by atoms with van der Waals surface area (Å²) in [7, 11) is 3.66. The van der Waals surface area contributed by atoms with Gasteiger partial charge in [0.25, 0.3) is 0 Å². The predicted molar refractivity (Wildman–Crippen MR) is 114 cm³/mol. The summed E-state index contributed by atoms with van der Waals surface area (Å²) in [5.41, 5.74) is 1.33. The van der Waals surface area contributed by atoms with Gasteiger partial charge >= 0.3 is 6.09 Å². The number of aromatic nitrogens is 3. The number of carbonyl (C=O) groups is 1. The lowest BCUT2D eigenvalue weighted by atomic mass is 10.1. The number of guanidine groups is 1. The number of carbonyl (C=O) groups excluding carboxylic acids is 1. The van der Waals surface area contributed by atoms with Crippen LogP contribution in [-0.4, -0.2) is 46.0 Å². The fourth-order valence-electron chi connectivity index (χ4n) is 2.49. The van der Waals surface area contributed by atoms with Crippen molar-refractivity contribution in [3.05, 3.63) is 41.5 Å². The van der Waals surface area contributed by atoms with E-state index in [9.17, 15) is 4.79 Å². The molecule has 9 nitrogen and oxygen atoms in total. The molecular formula is C20H31N7O2. The molecule has 0 fully saturated rings. The van der Waals surface area contributed by atoms with Crippen LogP contribution in [0.25, 0.3) is 0 Å². The topological polar surface area (TPSA) is 105 Å². The Kier molecular flexibility index (Phi) is 7.58. The largest absolute Gasteiger partial charge is 0.444 e. The summed E-state index contributed by atoms with van der Waals surface area (Å²) in [6.07, 6.45) is 0.358. The van der Waals surface area contributed by atoms with Crippen molar-refractivity contribution in [3.8, 4) is 0 Å². The van der Waals surface area contributed by atoms with Gasteiger partial charge < -0.3 is 19.9 Å². The number of aryl methyl sites for hydroxylation is 1. The zero-order valence-electron chi connectivity index (χ0n) is 18.0. The van der Waals surface area contributed by atoms with Crippen molar-refractivity contribution in [1.82, 2.24) is 25.4 Å². The van der Waals surface area contributed by atoms with Crippen LogP contribution in [0.1, 0.15) is 38.0 Å². The minimum absolute atomic E-state index is 0.458. The van der Waals surface area contributed by atoms with Gasteiger partial charge in [-0.05, 0) is 51.8 Å². The van der Waals surface area contributed by atoms with Crippen molar-refractivity contribution in [1.29, 1.82) is 0 Å². The molecule has 29 heavy (non-hydrogen) atoms. The van der Waals surface area contributed by atoms with Gasteiger partial charge in [0.2, 0.25) is 0 Å². The van der Waals surface area contributed by atoms with Gasteiger partial charge in [-0.1, -0.05) is 12.1 Å². The fraction of sp³-hybridized carbons (Fsp3) is 0.500. The molecule has 158 valence electrons. The van der Waals surface area contributed by atoms with Crippen molar-refractivity contribution < 1.29 is 9.53 Å². The number of amides is 1. The fourth-order valence-corrected chi connectivity index (χ4v) is 2.49. The summed E-state index contributed by atoms with van der Waals surface area (Å²) in [4.78, 5) is 16.0. The van der Waals surface area contributed by atoms with Crippen molar-refractivity contribution >= 4 is 17.7 Å². The first-order chi connectivity index (χ1) is 13.7. The molecule has 1 amide bonds. The third kappa shape index (κ3) is 7.44. The second kappa shape index (κ2) is 9.90. The van der Waals surface area contributed by atoms with Crippen LogP contribution in [0, 0.1) is 6.92 Å². The van der Waals surface area contributed by atoms with Gasteiger partial charge in [0.05, 0.1) is 6.54 Å². The molecule has 0 bridgehead atoms. The van der Waals surface area contributed by atoms with Crippen LogP contribution in [0.2, 0.25) is 0 Å². The Morgan fingerprint density at radius 3 is 2.41 bits per heavy atom. The van der Waals surface area contributed by atoms with Crippen LogP contribution < -0.4 is 16.0 Å². The first kappa shape index (κ1) is 22.2. The maximum atomic E-state index is 11.8. The van der Waals surface area contributed by atoms with Crippen molar-refractivity contribution in [2.24, 2.45) is 12.0 Å². The highest BCUT2D eigenvalue weighted by Crippen LogP contribution is 2.13. The molecular weight excluding hydrogens is 370 g/mol. The first-order valence-electron chi connectivity index (χ1n) is 9.56. The smallest absolute Gasteiger partial charge is 0.412 e. The number of hydrogen-bond donors (Lipinski definition) is 3. The average Bonchev–Trinajstić information content (AvgIpc) is 2.96. The van der Waals surface area contributed by atoms with E-state index in [-0.39, 0.29) is 0 Å². The highest BCUT2D eigenvalue weighted by Gasteiger charge is 2.16. The molecule has 0 aliphatic rings. The number of aliphatic imine (C=N–C) groups is 1. The van der Waals surface area contributed by atoms with Gasteiger partial charge in [0, 0.05) is 26.3 Å². The molecule has 3 N–H and O–H groups in total. The monoisotopic (exact) mass is 401 g/mol. The second-order valence-corrected chi connectivity index (χ2v) is 7.65. The summed E-state index contributed by atoms with van der Waals surface area (Å²) >= 11 is 0. The number of anilines is 1. The summed E-state index contributed by atoms with van der Waals surface area (Å²) in [6, 6.07) is 7.69. The van der Waals surface area contributed by atoms with E-state index in [1.54, 1.807) is 7.05 Å². The maximum Gasteiger partial charge on any atom is 0.412 e. The SMILES string of the molecule is CN=C(NCCc1ccc(NC(=O)OC(C)(C)C)cc1)NCc1nnc(C)n1C. The number of benzene rings is 1. The zero-order valence-corrected chi connectivity index (χ0v) is 18.0. The van der Waals surface area contributed by atoms with E-state index < -0.39 is 11.7 Å². The Bertz CT molecular complexity index is 836. The quantitative estimate of drug-likeness (QED) is 0.507. The van der Waals surface area contributed by atoms with Gasteiger partial charge in [-0.25, -0.2) is 4.79 Å². The molecule has 2 rings (SSSR count). The van der Waals surface area contributed by atoms with Crippen LogP contribution in [0.5, 0.6) is 0 Å². The van der Waals surface area contributed by atoms with Gasteiger partial charge in [-0.3, -0.25) is 10.3 Å². The first-order valence-corrected chi connectivity index (χ1v) is 9.56. The number of ether oxygens (including phenoxy) is 1. The number of nitrogens with zero attached hydrogens (tertiary/aromatic N) is 4. The van der Waals surface area contributed by atoms with E-state index in [1.165, 1.54) is 0 Å². The van der Waals surface area contributed by atoms with Gasteiger partial charge in [0.1, 0.15) is 11.4 Å². The van der Waals surface area contributed by atoms with Crippen LogP contribution >= 0.6 is 0 Å². The molecule has 1 heterocycles. The molecule has 1 aromatic carbocycles. The Hall–Kier alpha value is -3.10. The van der Waals surface area contributed by atoms with Crippen LogP contribution in [0.15, 0.2) is 29.3 Å². The van der Waals surface area contributed by atoms with E-state index in [1.807, 2.05) is 63.6 Å². The van der Waals surface area contributed by atoms with Crippen LogP contribution in [-0.2, 0) is 24.8 Å². The van der Waals surface area contributed by atoms with Crippen molar-refractivity contribution in [2.75, 3.05) is 18.9 Å². The third-order valence-electron chi connectivity index (χ3n) is 4.13. The highest BCUT2D eigenvalue weighted by molar-refractivity contribution is 5.84. The Balaban J connectivity index is 1.76. The van der Waals surface area contributed by atoms with Gasteiger partial charge in [-0.2, -0.15) is 0 Å². The summed E-state index contributed by atoms with van der Waals surface area (Å²) in [6.45, 7) is 8.68. The van der Waals surface area contributed by atoms with Crippen molar-refractivity contribution in [3.63, 3.8) is 0 Å². The molecule has 0 saturated carbocycles. The molecule has 1 aromatic heterocycles. The molecule has 0 spiro atoms. The van der Waals surface area contributed by atoms with E-state index >= 15 is 0 Å². The predicted octanol–water partition coefficient (Wildman–Crippen LogP) is 2.38. The molecule has 0 aliphatic carbocycles. The number of hydrogen-bond acceptors (Lipinski definition) is 5. The summed E-state index contributed by atoms with van der Waals surface area (Å²) in [5, 5.41) is 17.4. The highest BCUT2D eigenvalue weighted by atomic mass is 16.6. The van der Waals surface area contributed by atoms with E-state index in [2.05, 4.69) is 31.1 Å². The minimum Gasteiger partial charge on any atom is -0.444 e. The second-order valence-electron chi connectivity index (χ2n) is 7.65. The Morgan fingerprint density at radius 1 is 1.17 bits per heavy atom. The van der Waals surface area contributed by atoms with Crippen molar-refractivity contribution in [2.45, 2.75) is 46.3 Å². The van der Waals surface area contributed by atoms with E-state index in [0.717, 1.165) is 30.2 Å². The van der Waals surface area contributed by atoms with Gasteiger partial charge in [-0.15, -0.1) is 10.2 Å². The van der Waals surface area contributed by atoms with Gasteiger partial charge in [0.15, 0.2) is 11.8 Å². The number of nitrogens with one attached hydrogen (secondary N) is 3. The van der Waals surface area contributed by atoms with Crippen LogP contribution in [0.3, 0.4) is 0 Å². The minimum atomic E-state index is -0.520. The maximum absolute atomic E-state index is 11.8. The van der Waals surface area contributed by atoms with E-state index in [0.29, 0.717) is 18.2 Å². The standard InChI is InChI=1S/C20H31N7O2/c1-14-25-26-17(27(14)6)13-23-18(21-5)22-12-11-15-7-9-16(10-8-15)24-19(28)29-20(2,3)4/h7-10H,11-13H2,1-6H3,(H,24,28)(H2,21,22,23). The molecule has 2 aromatic rings. The molecule has 0 radical (unpaired) electrons. The lowest BCUT2D eigenvalue weighted by Gasteiger charge is -2.19. The Morgan fingerprint density at radius 2 is 1.86 bits per heavy atom. The molecule has 9 heteroatoms. The molecule has 0 saturated heterocycles. The lowest BCUT2D eigenvalue weighted by Crippen LogP contribution is -2.38. The Labute approximate surface area is 172 Å². The molecule has 0 aliphatic heterocycles. The lowest BCUT2D eigenvalue weighted by molar-refractivity contribution is 0.0636. The summed E-state index contributed by atoms with van der Waals surface area (Å²) in [5.74, 6) is 2.42. The average molecular weight is 402 g/mol. The molecule has 0 atom stereocenters. The molecule has 0 unspecified atom stereocenters. The van der Waals surface area contributed by atoms with Crippen LogP contribution in [0.4, 0.5) is 10.5 Å².